The summed E-state index contributed by atoms with van der Waals surface area (Å²) < 4.78 is 12.8. The van der Waals surface area contributed by atoms with E-state index in [-0.39, 0.29) is 6.10 Å². The minimum Gasteiger partial charge on any atom is -0.494 e. The van der Waals surface area contributed by atoms with E-state index in [1.54, 1.807) is 4.68 Å². The van der Waals surface area contributed by atoms with Gasteiger partial charge in [-0.2, -0.15) is 4.68 Å². The second-order valence-electron chi connectivity index (χ2n) is 5.94. The number of allylic oxidation sites excluding steroid dienone is 1. The normalized spacial score (nSPS) is 16.4. The predicted octanol–water partition coefficient (Wildman–Crippen LogP) is 2.31. The van der Waals surface area contributed by atoms with Gasteiger partial charge in [0.25, 0.3) is 0 Å². The molecule has 2 heterocycles. The Kier molecular flexibility index (Phi) is 4.69. The smallest absolute Gasteiger partial charge is 0.338 e. The minimum atomic E-state index is -0.528. The van der Waals surface area contributed by atoms with E-state index in [2.05, 4.69) is 20.8 Å². The van der Waals surface area contributed by atoms with E-state index in [0.717, 1.165) is 5.56 Å². The summed E-state index contributed by atoms with van der Waals surface area (Å²) in [7, 11) is 0. The fraction of sp³-hybridized carbons (Fsp3) is 0.412. The molecule has 0 fully saturated rings. The number of benzene rings is 1. The molecule has 1 aliphatic heterocycles. The van der Waals surface area contributed by atoms with Crippen molar-refractivity contribution in [2.45, 2.75) is 39.8 Å². The fourth-order valence-electron chi connectivity index (χ4n) is 2.84. The van der Waals surface area contributed by atoms with Crippen LogP contribution < -0.4 is 10.1 Å². The maximum Gasteiger partial charge on any atom is 0.338 e. The number of esters is 1. The first-order valence-corrected chi connectivity index (χ1v) is 8.21. The molecule has 0 bridgehead atoms. The van der Waals surface area contributed by atoms with Crippen molar-refractivity contribution in [3.05, 3.63) is 41.1 Å². The molecule has 0 radical (unpaired) electrons. The molecular formula is C17H21N5O3. The lowest BCUT2D eigenvalue weighted by molar-refractivity contribution is -0.143. The predicted molar refractivity (Wildman–Crippen MR) is 91.1 cm³/mol. The summed E-state index contributed by atoms with van der Waals surface area (Å²) >= 11 is 0. The van der Waals surface area contributed by atoms with Crippen LogP contribution in [0, 0.1) is 0 Å². The third kappa shape index (κ3) is 3.19. The van der Waals surface area contributed by atoms with Gasteiger partial charge in [-0.05, 0) is 44.2 Å². The van der Waals surface area contributed by atoms with Gasteiger partial charge in [-0.25, -0.2) is 4.79 Å². The number of rotatable bonds is 5. The Hall–Kier alpha value is -2.90. The molecule has 3 rings (SSSR count). The highest BCUT2D eigenvalue weighted by Crippen LogP contribution is 2.38. The number of nitrogens with one attached hydrogen (secondary N) is 1. The molecule has 1 aromatic heterocycles. The monoisotopic (exact) mass is 343 g/mol. The summed E-state index contributed by atoms with van der Waals surface area (Å²) in [4.78, 5) is 12.8. The summed E-state index contributed by atoms with van der Waals surface area (Å²) in [5.74, 6) is 0.744. The Morgan fingerprint density at radius 1 is 1.36 bits per heavy atom. The third-order valence-corrected chi connectivity index (χ3v) is 3.79. The van der Waals surface area contributed by atoms with Crippen molar-refractivity contribution in [1.29, 1.82) is 0 Å². The largest absolute Gasteiger partial charge is 0.494 e. The summed E-state index contributed by atoms with van der Waals surface area (Å²) in [6.45, 7) is 7.87. The van der Waals surface area contributed by atoms with E-state index in [9.17, 15) is 4.79 Å². The number of hydrogen-bond acceptors (Lipinski definition) is 7. The Balaban J connectivity index is 2.15. The molecule has 0 saturated carbocycles. The van der Waals surface area contributed by atoms with Crippen LogP contribution in [0.1, 0.15) is 39.3 Å². The van der Waals surface area contributed by atoms with Crippen LogP contribution >= 0.6 is 0 Å². The average Bonchev–Trinajstić information content (AvgIpc) is 3.01. The van der Waals surface area contributed by atoms with Gasteiger partial charge in [0.1, 0.15) is 11.8 Å². The van der Waals surface area contributed by atoms with Gasteiger partial charge in [0.05, 0.1) is 18.3 Å². The van der Waals surface area contributed by atoms with Gasteiger partial charge >= 0.3 is 5.97 Å². The van der Waals surface area contributed by atoms with Crippen molar-refractivity contribution in [2.75, 3.05) is 11.9 Å². The van der Waals surface area contributed by atoms with Gasteiger partial charge < -0.3 is 14.8 Å². The molecule has 0 unspecified atom stereocenters. The van der Waals surface area contributed by atoms with Crippen molar-refractivity contribution >= 4 is 11.9 Å². The van der Waals surface area contributed by atoms with E-state index in [4.69, 9.17) is 9.47 Å². The molecule has 8 nitrogen and oxygen atoms in total. The maximum atomic E-state index is 12.8. The molecule has 0 aliphatic carbocycles. The number of carbonyl (C=O) groups excluding carboxylic acids is 1. The standard InChI is InChI=1S/C17H21N5O3/c1-5-24-13-9-7-6-8-12(13)15-14(16(23)25-10(2)3)11(4)18-17-19-20-21-22(15)17/h6-10,15H,5H2,1-4H3,(H,18,19,21)/t15-/m1/s1. The second kappa shape index (κ2) is 6.92. The van der Waals surface area contributed by atoms with Crippen LogP contribution in [0.4, 0.5) is 5.95 Å². The van der Waals surface area contributed by atoms with Crippen molar-refractivity contribution in [1.82, 2.24) is 20.2 Å². The third-order valence-electron chi connectivity index (χ3n) is 3.79. The van der Waals surface area contributed by atoms with Crippen molar-refractivity contribution in [2.24, 2.45) is 0 Å². The second-order valence-corrected chi connectivity index (χ2v) is 5.94. The Morgan fingerprint density at radius 3 is 2.84 bits per heavy atom. The van der Waals surface area contributed by atoms with Gasteiger partial charge in [0, 0.05) is 11.3 Å². The molecule has 25 heavy (non-hydrogen) atoms. The highest BCUT2D eigenvalue weighted by atomic mass is 16.5. The van der Waals surface area contributed by atoms with Crippen LogP contribution in [0.2, 0.25) is 0 Å². The molecular weight excluding hydrogens is 322 g/mol. The van der Waals surface area contributed by atoms with E-state index in [1.807, 2.05) is 52.0 Å². The first-order chi connectivity index (χ1) is 12.0. The quantitative estimate of drug-likeness (QED) is 0.833. The summed E-state index contributed by atoms with van der Waals surface area (Å²) in [5.41, 5.74) is 1.92. The average molecular weight is 343 g/mol. The van der Waals surface area contributed by atoms with Crippen molar-refractivity contribution in [3.8, 4) is 5.75 Å². The molecule has 0 amide bonds. The Morgan fingerprint density at radius 2 is 2.12 bits per heavy atom. The van der Waals surface area contributed by atoms with Gasteiger partial charge in [-0.15, -0.1) is 0 Å². The van der Waals surface area contributed by atoms with Gasteiger partial charge in [-0.3, -0.25) is 0 Å². The molecule has 132 valence electrons. The van der Waals surface area contributed by atoms with Gasteiger partial charge in [0.15, 0.2) is 0 Å². The van der Waals surface area contributed by atoms with Crippen molar-refractivity contribution < 1.29 is 14.3 Å². The molecule has 2 aromatic rings. The Labute approximate surface area is 145 Å². The molecule has 0 spiro atoms. The van der Waals surface area contributed by atoms with E-state index in [0.29, 0.717) is 29.6 Å². The topological polar surface area (TPSA) is 91.2 Å². The molecule has 1 aromatic carbocycles. The molecule has 1 aliphatic rings. The van der Waals surface area contributed by atoms with Crippen LogP contribution in [0.25, 0.3) is 0 Å². The zero-order valence-electron chi connectivity index (χ0n) is 14.7. The number of anilines is 1. The van der Waals surface area contributed by atoms with Crippen LogP contribution in [-0.2, 0) is 9.53 Å². The summed E-state index contributed by atoms with van der Waals surface area (Å²) in [6.07, 6.45) is -0.231. The SMILES string of the molecule is CCOc1ccccc1[C@@H]1C(C(=O)OC(C)C)=C(C)Nc2nnnn21. The number of nitrogens with zero attached hydrogens (tertiary/aromatic N) is 4. The number of carbonyl (C=O) groups is 1. The van der Waals surface area contributed by atoms with Crippen LogP contribution in [0.3, 0.4) is 0 Å². The number of ether oxygens (including phenoxy) is 2. The number of fused-ring (bicyclic) bond motifs is 1. The van der Waals surface area contributed by atoms with E-state index in [1.165, 1.54) is 0 Å². The summed E-state index contributed by atoms with van der Waals surface area (Å²) in [6, 6.07) is 7.03. The fourth-order valence-corrected chi connectivity index (χ4v) is 2.84. The Bertz CT molecular complexity index is 812. The zero-order chi connectivity index (χ0) is 18.0. The van der Waals surface area contributed by atoms with E-state index < -0.39 is 12.0 Å². The number of hydrogen-bond donors (Lipinski definition) is 1. The molecule has 8 heteroatoms. The van der Waals surface area contributed by atoms with Crippen LogP contribution in [0.15, 0.2) is 35.5 Å². The van der Waals surface area contributed by atoms with Crippen LogP contribution in [-0.4, -0.2) is 38.9 Å². The van der Waals surface area contributed by atoms with Gasteiger partial charge in [-0.1, -0.05) is 23.3 Å². The van der Waals surface area contributed by atoms with Crippen LogP contribution in [0.5, 0.6) is 5.75 Å². The van der Waals surface area contributed by atoms with Crippen molar-refractivity contribution in [3.63, 3.8) is 0 Å². The highest BCUT2D eigenvalue weighted by molar-refractivity contribution is 5.92. The number of para-hydroxylation sites is 1. The highest BCUT2D eigenvalue weighted by Gasteiger charge is 2.36. The van der Waals surface area contributed by atoms with E-state index >= 15 is 0 Å². The lowest BCUT2D eigenvalue weighted by atomic mass is 9.95. The summed E-state index contributed by atoms with van der Waals surface area (Å²) in [5, 5.41) is 14.8. The minimum absolute atomic E-state index is 0.231. The lowest BCUT2D eigenvalue weighted by Crippen LogP contribution is -2.31. The number of aromatic nitrogens is 4. The number of tetrazole rings is 1. The first-order valence-electron chi connectivity index (χ1n) is 8.21. The first kappa shape index (κ1) is 16.9. The lowest BCUT2D eigenvalue weighted by Gasteiger charge is -2.28. The molecule has 1 atom stereocenters. The zero-order valence-corrected chi connectivity index (χ0v) is 14.7. The van der Waals surface area contributed by atoms with Gasteiger partial charge in [0.2, 0.25) is 5.95 Å². The maximum absolute atomic E-state index is 12.8. The molecule has 0 saturated heterocycles. The molecule has 1 N–H and O–H groups in total.